The van der Waals surface area contributed by atoms with Crippen molar-refractivity contribution in [1.82, 2.24) is 15.5 Å². The SMILES string of the molecule is CNC(C)Cc1noc(-c2cc(C)ccc2N2CCCC2)n1.Cl. The van der Waals surface area contributed by atoms with Gasteiger partial charge >= 0.3 is 0 Å². The molecule has 1 aromatic carbocycles. The van der Waals surface area contributed by atoms with Crippen LogP contribution in [0, 0.1) is 6.92 Å². The molecule has 0 aliphatic carbocycles. The molecule has 1 N–H and O–H groups in total. The highest BCUT2D eigenvalue weighted by atomic mass is 35.5. The van der Waals surface area contributed by atoms with Crippen LogP contribution in [-0.2, 0) is 6.42 Å². The summed E-state index contributed by atoms with van der Waals surface area (Å²) >= 11 is 0. The van der Waals surface area contributed by atoms with Crippen LogP contribution in [0.1, 0.15) is 31.2 Å². The van der Waals surface area contributed by atoms with E-state index in [-0.39, 0.29) is 12.4 Å². The molecule has 1 atom stereocenters. The molecule has 1 unspecified atom stereocenters. The van der Waals surface area contributed by atoms with Gasteiger partial charge in [-0.2, -0.15) is 4.98 Å². The Morgan fingerprint density at radius 1 is 1.30 bits per heavy atom. The van der Waals surface area contributed by atoms with Crippen molar-refractivity contribution in [3.63, 3.8) is 0 Å². The standard InChI is InChI=1S/C17H24N4O.ClH/c1-12-6-7-15(21-8-4-5-9-21)14(10-12)17-19-16(20-22-17)11-13(2)18-3;/h6-7,10,13,18H,4-5,8-9,11H2,1-3H3;1H. The number of anilines is 1. The quantitative estimate of drug-likeness (QED) is 0.908. The fourth-order valence-electron chi connectivity index (χ4n) is 2.88. The molecule has 1 aromatic heterocycles. The number of aryl methyl sites for hydroxylation is 1. The first-order valence-electron chi connectivity index (χ1n) is 8.03. The van der Waals surface area contributed by atoms with Crippen LogP contribution in [0.25, 0.3) is 11.5 Å². The molecule has 1 aliphatic rings. The predicted molar refractivity (Wildman–Crippen MR) is 95.4 cm³/mol. The Bertz CT molecular complexity index is 637. The summed E-state index contributed by atoms with van der Waals surface area (Å²) in [5, 5.41) is 7.33. The van der Waals surface area contributed by atoms with Crippen molar-refractivity contribution in [2.24, 2.45) is 0 Å². The fourth-order valence-corrected chi connectivity index (χ4v) is 2.88. The van der Waals surface area contributed by atoms with Crippen molar-refractivity contribution in [1.29, 1.82) is 0 Å². The number of likely N-dealkylation sites (N-methyl/N-ethyl adjacent to an activating group) is 1. The monoisotopic (exact) mass is 336 g/mol. The molecular weight excluding hydrogens is 312 g/mol. The molecule has 1 fully saturated rings. The molecule has 6 heteroatoms. The Hall–Kier alpha value is -1.59. The zero-order valence-corrected chi connectivity index (χ0v) is 14.8. The van der Waals surface area contributed by atoms with Gasteiger partial charge in [-0.3, -0.25) is 0 Å². The predicted octanol–water partition coefficient (Wildman–Crippen LogP) is 3.22. The van der Waals surface area contributed by atoms with Gasteiger partial charge in [-0.05, 0) is 45.9 Å². The minimum atomic E-state index is 0. The van der Waals surface area contributed by atoms with Crippen LogP contribution < -0.4 is 10.2 Å². The van der Waals surface area contributed by atoms with Crippen LogP contribution in [0.2, 0.25) is 0 Å². The lowest BCUT2D eigenvalue weighted by molar-refractivity contribution is 0.418. The maximum Gasteiger partial charge on any atom is 0.260 e. The largest absolute Gasteiger partial charge is 0.371 e. The zero-order valence-electron chi connectivity index (χ0n) is 14.0. The van der Waals surface area contributed by atoms with Gasteiger partial charge in [-0.15, -0.1) is 12.4 Å². The zero-order chi connectivity index (χ0) is 15.5. The van der Waals surface area contributed by atoms with Crippen molar-refractivity contribution in [3.05, 3.63) is 29.6 Å². The summed E-state index contributed by atoms with van der Waals surface area (Å²) in [6.45, 7) is 6.41. The van der Waals surface area contributed by atoms with E-state index in [2.05, 4.69) is 52.4 Å². The van der Waals surface area contributed by atoms with E-state index in [9.17, 15) is 0 Å². The summed E-state index contributed by atoms with van der Waals surface area (Å²) < 4.78 is 5.54. The van der Waals surface area contributed by atoms with Gasteiger partial charge in [0.1, 0.15) is 0 Å². The first kappa shape index (κ1) is 17.8. The Morgan fingerprint density at radius 3 is 2.74 bits per heavy atom. The summed E-state index contributed by atoms with van der Waals surface area (Å²) in [4.78, 5) is 7.01. The van der Waals surface area contributed by atoms with E-state index in [0.717, 1.165) is 30.9 Å². The highest BCUT2D eigenvalue weighted by Gasteiger charge is 2.20. The second kappa shape index (κ2) is 7.79. The van der Waals surface area contributed by atoms with Gasteiger partial charge in [0.25, 0.3) is 5.89 Å². The van der Waals surface area contributed by atoms with Gasteiger partial charge in [0.2, 0.25) is 0 Å². The lowest BCUT2D eigenvalue weighted by atomic mass is 10.1. The van der Waals surface area contributed by atoms with Crippen molar-refractivity contribution in [2.45, 2.75) is 39.2 Å². The second-order valence-corrected chi connectivity index (χ2v) is 6.12. The van der Waals surface area contributed by atoms with Gasteiger partial charge < -0.3 is 14.7 Å². The van der Waals surface area contributed by atoms with Crippen molar-refractivity contribution in [2.75, 3.05) is 25.0 Å². The minimum Gasteiger partial charge on any atom is -0.371 e. The molecule has 0 spiro atoms. The molecule has 5 nitrogen and oxygen atoms in total. The van der Waals surface area contributed by atoms with Crippen LogP contribution in [0.4, 0.5) is 5.69 Å². The molecular formula is C17H25ClN4O. The third-order valence-corrected chi connectivity index (χ3v) is 4.28. The topological polar surface area (TPSA) is 54.2 Å². The molecule has 1 saturated heterocycles. The highest BCUT2D eigenvalue weighted by Crippen LogP contribution is 2.32. The number of nitrogens with zero attached hydrogens (tertiary/aromatic N) is 3. The molecule has 23 heavy (non-hydrogen) atoms. The summed E-state index contributed by atoms with van der Waals surface area (Å²) in [6.07, 6.45) is 3.27. The lowest BCUT2D eigenvalue weighted by Gasteiger charge is -2.20. The Kier molecular flexibility index (Phi) is 6.02. The normalized spacial score (nSPS) is 15.5. The number of halogens is 1. The second-order valence-electron chi connectivity index (χ2n) is 6.12. The average Bonchev–Trinajstić information content (AvgIpc) is 3.18. The summed E-state index contributed by atoms with van der Waals surface area (Å²) in [5.74, 6) is 1.38. The molecule has 0 radical (unpaired) electrons. The lowest BCUT2D eigenvalue weighted by Crippen LogP contribution is -2.24. The van der Waals surface area contributed by atoms with Crippen molar-refractivity contribution in [3.8, 4) is 11.5 Å². The van der Waals surface area contributed by atoms with Crippen molar-refractivity contribution >= 4 is 18.1 Å². The van der Waals surface area contributed by atoms with Gasteiger partial charge in [0, 0.05) is 31.2 Å². The van der Waals surface area contributed by atoms with Gasteiger partial charge in [0.05, 0.1) is 5.56 Å². The number of nitrogens with one attached hydrogen (secondary N) is 1. The van der Waals surface area contributed by atoms with E-state index >= 15 is 0 Å². The molecule has 1 aliphatic heterocycles. The first-order valence-corrected chi connectivity index (χ1v) is 8.03. The maximum atomic E-state index is 5.54. The van der Waals surface area contributed by atoms with Crippen LogP contribution >= 0.6 is 12.4 Å². The summed E-state index contributed by atoms with van der Waals surface area (Å²) in [6, 6.07) is 6.81. The number of benzene rings is 1. The molecule has 0 saturated carbocycles. The third kappa shape index (κ3) is 4.03. The van der Waals surface area contributed by atoms with E-state index in [1.807, 2.05) is 7.05 Å². The first-order chi connectivity index (χ1) is 10.7. The molecule has 126 valence electrons. The van der Waals surface area contributed by atoms with Crippen LogP contribution in [0.3, 0.4) is 0 Å². The Balaban J connectivity index is 0.00000192. The van der Waals surface area contributed by atoms with Crippen LogP contribution in [-0.4, -0.2) is 36.3 Å². The number of hydrogen-bond acceptors (Lipinski definition) is 5. The van der Waals surface area contributed by atoms with Gasteiger partial charge in [-0.1, -0.05) is 16.8 Å². The van der Waals surface area contributed by atoms with E-state index in [4.69, 9.17) is 4.52 Å². The summed E-state index contributed by atoms with van der Waals surface area (Å²) in [7, 11) is 1.94. The Labute approximate surface area is 143 Å². The number of rotatable bonds is 5. The van der Waals surface area contributed by atoms with E-state index in [0.29, 0.717) is 11.9 Å². The molecule has 0 bridgehead atoms. The van der Waals surface area contributed by atoms with Gasteiger partial charge in [0.15, 0.2) is 5.82 Å². The van der Waals surface area contributed by atoms with Gasteiger partial charge in [-0.25, -0.2) is 0 Å². The fraction of sp³-hybridized carbons (Fsp3) is 0.529. The van der Waals surface area contributed by atoms with Crippen LogP contribution in [0.5, 0.6) is 0 Å². The van der Waals surface area contributed by atoms with E-state index < -0.39 is 0 Å². The number of aromatic nitrogens is 2. The Morgan fingerprint density at radius 2 is 2.04 bits per heavy atom. The molecule has 0 amide bonds. The maximum absolute atomic E-state index is 5.54. The highest BCUT2D eigenvalue weighted by molar-refractivity contribution is 5.85. The van der Waals surface area contributed by atoms with E-state index in [1.54, 1.807) is 0 Å². The third-order valence-electron chi connectivity index (χ3n) is 4.28. The van der Waals surface area contributed by atoms with Crippen molar-refractivity contribution < 1.29 is 4.52 Å². The summed E-state index contributed by atoms with van der Waals surface area (Å²) in [5.41, 5.74) is 3.47. The smallest absolute Gasteiger partial charge is 0.260 e. The van der Waals surface area contributed by atoms with E-state index in [1.165, 1.54) is 24.1 Å². The molecule has 3 rings (SSSR count). The minimum absolute atomic E-state index is 0. The molecule has 2 heterocycles. The number of hydrogen-bond donors (Lipinski definition) is 1. The average molecular weight is 337 g/mol. The van der Waals surface area contributed by atoms with Crippen LogP contribution in [0.15, 0.2) is 22.7 Å². The molecule has 2 aromatic rings.